The van der Waals surface area contributed by atoms with Gasteiger partial charge in [0, 0.05) is 32.0 Å². The number of ether oxygens (including phenoxy) is 2. The molecule has 1 saturated heterocycles. The van der Waals surface area contributed by atoms with Crippen molar-refractivity contribution in [3.8, 4) is 0 Å². The van der Waals surface area contributed by atoms with Crippen LogP contribution in [0.15, 0.2) is 11.6 Å². The van der Waals surface area contributed by atoms with Crippen LogP contribution in [0.2, 0.25) is 0 Å². The molecule has 5 aliphatic rings. The van der Waals surface area contributed by atoms with Gasteiger partial charge >= 0.3 is 5.97 Å². The first-order valence-electron chi connectivity index (χ1n) is 13.9. The number of rotatable bonds is 5. The van der Waals surface area contributed by atoms with E-state index in [1.807, 2.05) is 6.92 Å². The van der Waals surface area contributed by atoms with Crippen molar-refractivity contribution in [1.29, 1.82) is 0 Å². The number of carbonyl (C=O) groups excluding carboxylic acids is 2. The van der Waals surface area contributed by atoms with E-state index in [-0.39, 0.29) is 28.8 Å². The fraction of sp³-hybridized carbons (Fsp3) is 0.862. The number of Topliss-reactive ketones (excluding diaryl/α,β-unsaturated/α-hetero) is 1. The van der Waals surface area contributed by atoms with E-state index in [1.165, 1.54) is 19.3 Å². The van der Waals surface area contributed by atoms with Crippen LogP contribution in [0.4, 0.5) is 0 Å². The van der Waals surface area contributed by atoms with Crippen LogP contribution in [0.1, 0.15) is 79.1 Å². The molecule has 3 saturated carbocycles. The molecule has 1 aliphatic heterocycles. The Hall–Kier alpha value is -1.20. The number of ketones is 1. The minimum Gasteiger partial charge on any atom is -0.462 e. The second-order valence-corrected chi connectivity index (χ2v) is 12.7. The van der Waals surface area contributed by atoms with Crippen molar-refractivity contribution in [3.05, 3.63) is 11.6 Å². The zero-order valence-corrected chi connectivity index (χ0v) is 21.8. The van der Waals surface area contributed by atoms with Gasteiger partial charge in [0.05, 0.1) is 19.6 Å². The van der Waals surface area contributed by atoms with E-state index in [0.29, 0.717) is 35.9 Å². The van der Waals surface area contributed by atoms with Crippen LogP contribution < -0.4 is 0 Å². The average molecular weight is 472 g/mol. The molecule has 0 bridgehead atoms. The van der Waals surface area contributed by atoms with Gasteiger partial charge in [0.1, 0.15) is 11.9 Å². The Morgan fingerprint density at radius 3 is 2.65 bits per heavy atom. The summed E-state index contributed by atoms with van der Waals surface area (Å²) in [5.41, 5.74) is 1.96. The summed E-state index contributed by atoms with van der Waals surface area (Å²) in [6, 6.07) is 0. The molecule has 34 heavy (non-hydrogen) atoms. The molecule has 4 fully saturated rings. The second kappa shape index (κ2) is 9.35. The predicted octanol–water partition coefficient (Wildman–Crippen LogP) is 5.03. The number of morpholine rings is 1. The summed E-state index contributed by atoms with van der Waals surface area (Å²) in [5, 5.41) is 0. The Morgan fingerprint density at radius 2 is 1.91 bits per heavy atom. The van der Waals surface area contributed by atoms with Gasteiger partial charge < -0.3 is 9.47 Å². The summed E-state index contributed by atoms with van der Waals surface area (Å²) in [5.74, 6) is 3.19. The molecule has 1 heterocycles. The predicted molar refractivity (Wildman–Crippen MR) is 132 cm³/mol. The maximum atomic E-state index is 12.6. The molecular weight excluding hydrogens is 426 g/mol. The SMILES string of the molecule is CC(=O)[C@@H]1[C@H](C)C[C@@H]2[C@@H]3CC=C4C[C@H](OC(=O)CCN5CCOCC5)CC[C@]4(C)[C@H]3CC[C@@]21C. The Bertz CT molecular complexity index is 832. The van der Waals surface area contributed by atoms with Crippen LogP contribution in [-0.2, 0) is 19.1 Å². The van der Waals surface area contributed by atoms with E-state index in [9.17, 15) is 9.59 Å². The molecule has 5 rings (SSSR count). The topological polar surface area (TPSA) is 55.8 Å². The Kier molecular flexibility index (Phi) is 6.74. The zero-order chi connectivity index (χ0) is 24.1. The first kappa shape index (κ1) is 24.5. The minimum atomic E-state index is -0.0435. The van der Waals surface area contributed by atoms with Gasteiger partial charge in [0.2, 0.25) is 0 Å². The molecular formula is C29H45NO4. The highest BCUT2D eigenvalue weighted by Gasteiger charge is 2.61. The van der Waals surface area contributed by atoms with Gasteiger partial charge in [-0.05, 0) is 80.0 Å². The van der Waals surface area contributed by atoms with Gasteiger partial charge in [-0.2, -0.15) is 0 Å². The first-order valence-corrected chi connectivity index (χ1v) is 13.9. The summed E-state index contributed by atoms with van der Waals surface area (Å²) in [6.45, 7) is 13.2. The zero-order valence-electron chi connectivity index (χ0n) is 21.8. The van der Waals surface area contributed by atoms with Crippen molar-refractivity contribution in [2.75, 3.05) is 32.8 Å². The Labute approximate surface area is 206 Å². The van der Waals surface area contributed by atoms with E-state index in [2.05, 4.69) is 31.7 Å². The van der Waals surface area contributed by atoms with Gasteiger partial charge in [-0.15, -0.1) is 0 Å². The van der Waals surface area contributed by atoms with Crippen LogP contribution >= 0.6 is 0 Å². The lowest BCUT2D eigenvalue weighted by molar-refractivity contribution is -0.152. The molecule has 0 spiro atoms. The molecule has 0 unspecified atom stereocenters. The normalized spacial score (nSPS) is 44.4. The van der Waals surface area contributed by atoms with Crippen molar-refractivity contribution in [2.45, 2.75) is 85.2 Å². The van der Waals surface area contributed by atoms with Crippen molar-refractivity contribution >= 4 is 11.8 Å². The van der Waals surface area contributed by atoms with Gasteiger partial charge in [0.25, 0.3) is 0 Å². The van der Waals surface area contributed by atoms with Crippen LogP contribution in [0, 0.1) is 40.4 Å². The number of esters is 1. The van der Waals surface area contributed by atoms with E-state index in [4.69, 9.17) is 9.47 Å². The molecule has 0 aromatic carbocycles. The molecule has 5 nitrogen and oxygen atoms in total. The highest BCUT2D eigenvalue weighted by Crippen LogP contribution is 2.67. The third-order valence-electron chi connectivity index (χ3n) is 10.9. The molecule has 0 N–H and O–H groups in total. The van der Waals surface area contributed by atoms with Crippen LogP contribution in [0.25, 0.3) is 0 Å². The van der Waals surface area contributed by atoms with Crippen molar-refractivity contribution < 1.29 is 19.1 Å². The number of allylic oxidation sites excluding steroid dienone is 1. The lowest BCUT2D eigenvalue weighted by Crippen LogP contribution is -2.51. The van der Waals surface area contributed by atoms with Crippen LogP contribution in [-0.4, -0.2) is 55.6 Å². The smallest absolute Gasteiger partial charge is 0.307 e. The summed E-state index contributed by atoms with van der Waals surface area (Å²) in [4.78, 5) is 27.4. The molecule has 0 aromatic rings. The fourth-order valence-corrected chi connectivity index (χ4v) is 9.28. The largest absolute Gasteiger partial charge is 0.462 e. The number of hydrogen-bond acceptors (Lipinski definition) is 5. The fourth-order valence-electron chi connectivity index (χ4n) is 9.28. The minimum absolute atomic E-state index is 0.0375. The number of fused-ring (bicyclic) bond motifs is 5. The van der Waals surface area contributed by atoms with E-state index >= 15 is 0 Å². The third-order valence-corrected chi connectivity index (χ3v) is 10.9. The summed E-state index contributed by atoms with van der Waals surface area (Å²) < 4.78 is 11.4. The maximum absolute atomic E-state index is 12.6. The standard InChI is InChI=1S/C29H45NO4/c1-19-17-25-23-6-5-21-18-22(34-26(32)9-12-30-13-15-33-16-14-30)7-10-28(21,3)24(23)8-11-29(25,4)27(19)20(2)31/h5,19,22-25,27H,6-18H2,1-4H3/t19-,22-,23-,24+,25-,27+,28+,29+/m1/s1. The molecule has 0 aromatic heterocycles. The molecule has 0 radical (unpaired) electrons. The maximum Gasteiger partial charge on any atom is 0.307 e. The van der Waals surface area contributed by atoms with E-state index < -0.39 is 0 Å². The summed E-state index contributed by atoms with van der Waals surface area (Å²) >= 11 is 0. The molecule has 4 aliphatic carbocycles. The van der Waals surface area contributed by atoms with Crippen LogP contribution in [0.5, 0.6) is 0 Å². The Morgan fingerprint density at radius 1 is 1.15 bits per heavy atom. The van der Waals surface area contributed by atoms with Crippen molar-refractivity contribution in [2.24, 2.45) is 40.4 Å². The van der Waals surface area contributed by atoms with Crippen molar-refractivity contribution in [1.82, 2.24) is 4.90 Å². The highest BCUT2D eigenvalue weighted by atomic mass is 16.5. The molecule has 8 atom stereocenters. The van der Waals surface area contributed by atoms with Gasteiger partial charge in [-0.1, -0.05) is 32.4 Å². The molecule has 0 amide bonds. The number of hydrogen-bond donors (Lipinski definition) is 0. The van der Waals surface area contributed by atoms with Gasteiger partial charge in [0.15, 0.2) is 0 Å². The van der Waals surface area contributed by atoms with Gasteiger partial charge in [-0.25, -0.2) is 0 Å². The first-order chi connectivity index (χ1) is 16.2. The lowest BCUT2D eigenvalue weighted by atomic mass is 9.47. The summed E-state index contributed by atoms with van der Waals surface area (Å²) in [7, 11) is 0. The number of carbonyl (C=O) groups is 2. The van der Waals surface area contributed by atoms with E-state index in [0.717, 1.165) is 58.5 Å². The third kappa shape index (κ3) is 4.19. The quantitative estimate of drug-likeness (QED) is 0.416. The molecule has 5 heteroatoms. The van der Waals surface area contributed by atoms with E-state index in [1.54, 1.807) is 5.57 Å². The van der Waals surface area contributed by atoms with Gasteiger partial charge in [-0.3, -0.25) is 14.5 Å². The molecule has 190 valence electrons. The number of nitrogens with zero attached hydrogens (tertiary/aromatic N) is 1. The van der Waals surface area contributed by atoms with Crippen LogP contribution in [0.3, 0.4) is 0 Å². The lowest BCUT2D eigenvalue weighted by Gasteiger charge is -2.58. The monoisotopic (exact) mass is 471 g/mol. The Balaban J connectivity index is 1.22. The second-order valence-electron chi connectivity index (χ2n) is 12.7. The van der Waals surface area contributed by atoms with Crippen molar-refractivity contribution in [3.63, 3.8) is 0 Å². The average Bonchev–Trinajstić information content (AvgIpc) is 3.08. The highest BCUT2D eigenvalue weighted by molar-refractivity contribution is 5.80. The summed E-state index contributed by atoms with van der Waals surface area (Å²) in [6.07, 6.45) is 10.8.